The van der Waals surface area contributed by atoms with E-state index in [1.54, 1.807) is 0 Å². The van der Waals surface area contributed by atoms with Gasteiger partial charge in [0.1, 0.15) is 0 Å². The summed E-state index contributed by atoms with van der Waals surface area (Å²) in [6.45, 7) is 2.67. The summed E-state index contributed by atoms with van der Waals surface area (Å²) in [5, 5.41) is 3.33. The van der Waals surface area contributed by atoms with E-state index in [1.807, 2.05) is 54.6 Å². The van der Waals surface area contributed by atoms with Crippen LogP contribution in [0.1, 0.15) is 12.0 Å². The first-order chi connectivity index (χ1) is 15.1. The molecule has 0 bridgehead atoms. The van der Waals surface area contributed by atoms with Gasteiger partial charge in [-0.2, -0.15) is 0 Å². The van der Waals surface area contributed by atoms with E-state index in [-0.39, 0.29) is 11.9 Å². The highest BCUT2D eigenvalue weighted by atomic mass is 16.5. The lowest BCUT2D eigenvalue weighted by Gasteiger charge is -2.15. The number of likely N-dealkylation sites (tertiary alicyclic amines) is 1. The van der Waals surface area contributed by atoms with Crippen molar-refractivity contribution in [2.75, 3.05) is 37.8 Å². The summed E-state index contributed by atoms with van der Waals surface area (Å²) in [7, 11) is 1.46. The topological polar surface area (TPSA) is 80.5 Å². The Hall–Kier alpha value is -3.38. The van der Waals surface area contributed by atoms with Crippen LogP contribution in [-0.2, 0) is 16.0 Å². The van der Waals surface area contributed by atoms with Crippen molar-refractivity contribution in [2.45, 2.75) is 12.8 Å². The minimum absolute atomic E-state index is 0.0150. The van der Waals surface area contributed by atoms with Gasteiger partial charge in [-0.25, -0.2) is 4.98 Å². The van der Waals surface area contributed by atoms with Gasteiger partial charge in [0, 0.05) is 24.3 Å². The summed E-state index contributed by atoms with van der Waals surface area (Å²) < 4.78 is 4.86. The zero-order valence-corrected chi connectivity index (χ0v) is 17.8. The Morgan fingerprint density at radius 3 is 2.65 bits per heavy atom. The van der Waals surface area contributed by atoms with E-state index in [2.05, 4.69) is 22.3 Å². The van der Waals surface area contributed by atoms with Crippen LogP contribution >= 0.6 is 0 Å². The molecule has 1 aliphatic heterocycles. The quantitative estimate of drug-likeness (QED) is 0.564. The summed E-state index contributed by atoms with van der Waals surface area (Å²) in [4.78, 5) is 18.7. The second-order valence-corrected chi connectivity index (χ2v) is 7.88. The lowest BCUT2D eigenvalue weighted by Crippen LogP contribution is -2.25. The zero-order chi connectivity index (χ0) is 21.6. The number of ether oxygens (including phenoxy) is 1. The minimum Gasteiger partial charge on any atom is -0.469 e. The predicted molar refractivity (Wildman–Crippen MR) is 124 cm³/mol. The van der Waals surface area contributed by atoms with E-state index in [0.717, 1.165) is 49.4 Å². The molecule has 4 rings (SSSR count). The SMILES string of the molecule is COC(=O)C1CCN(CCc2ccc(Nc3nc(-c4ccccc4)ccc3N)cc2)C1. The smallest absolute Gasteiger partial charge is 0.310 e. The van der Waals surface area contributed by atoms with E-state index in [9.17, 15) is 4.79 Å². The predicted octanol–water partition coefficient (Wildman–Crippen LogP) is 4.11. The van der Waals surface area contributed by atoms with Crippen LogP contribution in [0.4, 0.5) is 17.2 Å². The minimum atomic E-state index is -0.0952. The third-order valence-corrected chi connectivity index (χ3v) is 5.74. The number of benzene rings is 2. The van der Waals surface area contributed by atoms with Crippen LogP contribution < -0.4 is 11.1 Å². The number of nitrogens with one attached hydrogen (secondary N) is 1. The van der Waals surface area contributed by atoms with Crippen LogP contribution in [0.15, 0.2) is 66.7 Å². The Labute approximate surface area is 183 Å². The average Bonchev–Trinajstić information content (AvgIpc) is 3.29. The Balaban J connectivity index is 1.35. The molecule has 2 heterocycles. The maximum Gasteiger partial charge on any atom is 0.310 e. The molecular weight excluding hydrogens is 388 g/mol. The van der Waals surface area contributed by atoms with Crippen molar-refractivity contribution >= 4 is 23.2 Å². The van der Waals surface area contributed by atoms with Crippen LogP contribution in [0.2, 0.25) is 0 Å². The Morgan fingerprint density at radius 2 is 1.90 bits per heavy atom. The monoisotopic (exact) mass is 416 g/mol. The van der Waals surface area contributed by atoms with E-state index < -0.39 is 0 Å². The molecule has 31 heavy (non-hydrogen) atoms. The van der Waals surface area contributed by atoms with Crippen molar-refractivity contribution in [2.24, 2.45) is 5.92 Å². The lowest BCUT2D eigenvalue weighted by atomic mass is 10.1. The summed E-state index contributed by atoms with van der Waals surface area (Å²) in [6.07, 6.45) is 1.82. The number of rotatable bonds is 7. The van der Waals surface area contributed by atoms with Gasteiger partial charge < -0.3 is 20.7 Å². The van der Waals surface area contributed by atoms with Crippen molar-refractivity contribution in [3.8, 4) is 11.3 Å². The van der Waals surface area contributed by atoms with Gasteiger partial charge in [-0.05, 0) is 49.2 Å². The number of carbonyl (C=O) groups excluding carboxylic acids is 1. The highest BCUT2D eigenvalue weighted by molar-refractivity contribution is 5.73. The fourth-order valence-corrected chi connectivity index (χ4v) is 3.91. The van der Waals surface area contributed by atoms with Crippen molar-refractivity contribution in [1.29, 1.82) is 0 Å². The molecular formula is C25H28N4O2. The van der Waals surface area contributed by atoms with Gasteiger partial charge in [0.2, 0.25) is 0 Å². The van der Waals surface area contributed by atoms with Crippen LogP contribution in [-0.4, -0.2) is 42.6 Å². The zero-order valence-electron chi connectivity index (χ0n) is 17.8. The molecule has 3 aromatic rings. The first-order valence-electron chi connectivity index (χ1n) is 10.6. The normalized spacial score (nSPS) is 16.2. The van der Waals surface area contributed by atoms with E-state index >= 15 is 0 Å². The van der Waals surface area contributed by atoms with Crippen molar-refractivity contribution in [1.82, 2.24) is 9.88 Å². The van der Waals surface area contributed by atoms with E-state index in [1.165, 1.54) is 12.7 Å². The number of methoxy groups -OCH3 is 1. The number of anilines is 3. The van der Waals surface area contributed by atoms with Crippen LogP contribution in [0.5, 0.6) is 0 Å². The molecule has 0 aliphatic carbocycles. The third kappa shape index (κ3) is 5.22. The molecule has 1 unspecified atom stereocenters. The summed E-state index contributed by atoms with van der Waals surface area (Å²) >= 11 is 0. The van der Waals surface area contributed by atoms with Crippen molar-refractivity contribution < 1.29 is 9.53 Å². The number of nitrogens with zero attached hydrogens (tertiary/aromatic N) is 2. The summed E-state index contributed by atoms with van der Waals surface area (Å²) in [5.74, 6) is 0.573. The van der Waals surface area contributed by atoms with Crippen LogP contribution in [0.3, 0.4) is 0 Å². The number of pyridine rings is 1. The molecule has 0 amide bonds. The fraction of sp³-hybridized carbons (Fsp3) is 0.280. The van der Waals surface area contributed by atoms with Gasteiger partial charge in [-0.3, -0.25) is 4.79 Å². The number of esters is 1. The van der Waals surface area contributed by atoms with Crippen molar-refractivity contribution in [3.63, 3.8) is 0 Å². The highest BCUT2D eigenvalue weighted by Gasteiger charge is 2.28. The van der Waals surface area contributed by atoms with Crippen LogP contribution in [0.25, 0.3) is 11.3 Å². The second kappa shape index (κ2) is 9.62. The molecule has 0 saturated carbocycles. The fourth-order valence-electron chi connectivity index (χ4n) is 3.91. The second-order valence-electron chi connectivity index (χ2n) is 7.88. The molecule has 1 aromatic heterocycles. The molecule has 3 N–H and O–H groups in total. The Bertz CT molecular complexity index is 1020. The molecule has 1 atom stereocenters. The molecule has 160 valence electrons. The van der Waals surface area contributed by atoms with Crippen LogP contribution in [0, 0.1) is 5.92 Å². The maximum atomic E-state index is 11.7. The molecule has 2 aromatic carbocycles. The summed E-state index contributed by atoms with van der Waals surface area (Å²) in [5.41, 5.74) is 10.9. The standard InChI is InChI=1S/C25H28N4O2/c1-31-25(30)20-14-16-29(17-20)15-13-18-7-9-21(10-8-18)27-24-22(26)11-12-23(28-24)19-5-3-2-4-6-19/h2-12,20H,13-17,26H2,1H3,(H,27,28). The van der Waals surface area contributed by atoms with Gasteiger partial charge in [0.15, 0.2) is 5.82 Å². The molecule has 0 radical (unpaired) electrons. The largest absolute Gasteiger partial charge is 0.469 e. The average molecular weight is 417 g/mol. The van der Waals surface area contributed by atoms with Gasteiger partial charge >= 0.3 is 5.97 Å². The van der Waals surface area contributed by atoms with Gasteiger partial charge in [0.25, 0.3) is 0 Å². The highest BCUT2D eigenvalue weighted by Crippen LogP contribution is 2.26. The van der Waals surface area contributed by atoms with E-state index in [4.69, 9.17) is 15.5 Å². The van der Waals surface area contributed by atoms with E-state index in [0.29, 0.717) is 11.5 Å². The number of aromatic nitrogens is 1. The molecule has 6 nitrogen and oxygen atoms in total. The number of carbonyl (C=O) groups is 1. The number of nitrogen functional groups attached to an aromatic ring is 1. The Kier molecular flexibility index (Phi) is 6.48. The molecule has 6 heteroatoms. The van der Waals surface area contributed by atoms with Gasteiger partial charge in [-0.1, -0.05) is 42.5 Å². The first kappa shape index (κ1) is 20.9. The summed E-state index contributed by atoms with van der Waals surface area (Å²) in [6, 6.07) is 22.2. The number of nitrogens with two attached hydrogens (primary N) is 1. The third-order valence-electron chi connectivity index (χ3n) is 5.74. The molecule has 1 fully saturated rings. The lowest BCUT2D eigenvalue weighted by molar-refractivity contribution is -0.144. The Morgan fingerprint density at radius 1 is 1.13 bits per heavy atom. The van der Waals surface area contributed by atoms with Gasteiger partial charge in [0.05, 0.1) is 24.4 Å². The maximum absolute atomic E-state index is 11.7. The molecule has 0 spiro atoms. The van der Waals surface area contributed by atoms with Gasteiger partial charge in [-0.15, -0.1) is 0 Å². The van der Waals surface area contributed by atoms with Crippen molar-refractivity contribution in [3.05, 3.63) is 72.3 Å². The number of hydrogen-bond acceptors (Lipinski definition) is 6. The number of hydrogen-bond donors (Lipinski definition) is 2. The molecule has 1 saturated heterocycles. The molecule has 1 aliphatic rings. The first-order valence-corrected chi connectivity index (χ1v) is 10.6.